The van der Waals surface area contributed by atoms with Crippen molar-refractivity contribution < 1.29 is 4.74 Å². The van der Waals surface area contributed by atoms with E-state index in [1.807, 2.05) is 0 Å². The lowest BCUT2D eigenvalue weighted by Crippen LogP contribution is -2.24. The highest BCUT2D eigenvalue weighted by atomic mass is 16.5. The highest BCUT2D eigenvalue weighted by molar-refractivity contribution is 5.42. The molecule has 2 aliphatic rings. The quantitative estimate of drug-likeness (QED) is 0.883. The molecule has 1 fully saturated rings. The van der Waals surface area contributed by atoms with Gasteiger partial charge >= 0.3 is 0 Å². The molecule has 0 aromatic heterocycles. The molecule has 1 aromatic rings. The Kier molecular flexibility index (Phi) is 2.86. The molecule has 2 nitrogen and oxygen atoms in total. The molecule has 0 amide bonds. The number of ether oxygens (including phenoxy) is 1. The van der Waals surface area contributed by atoms with Gasteiger partial charge in [0.15, 0.2) is 0 Å². The van der Waals surface area contributed by atoms with Crippen LogP contribution in [0.25, 0.3) is 0 Å². The van der Waals surface area contributed by atoms with Gasteiger partial charge in [-0.1, -0.05) is 31.4 Å². The second kappa shape index (κ2) is 4.27. The van der Waals surface area contributed by atoms with Gasteiger partial charge in [-0.25, -0.2) is 0 Å². The van der Waals surface area contributed by atoms with Crippen molar-refractivity contribution in [1.29, 1.82) is 0 Å². The lowest BCUT2D eigenvalue weighted by atomic mass is 9.79. The largest absolute Gasteiger partial charge is 0.487 e. The topological polar surface area (TPSA) is 35.2 Å². The van der Waals surface area contributed by atoms with E-state index in [-0.39, 0.29) is 11.6 Å². The maximum absolute atomic E-state index is 6.33. The maximum Gasteiger partial charge on any atom is 0.123 e. The monoisotopic (exact) mass is 245 g/mol. The SMILES string of the molecule is CC1(C)Cc2cc(C(N)CC3CCC3)ccc2O1. The van der Waals surface area contributed by atoms with E-state index < -0.39 is 0 Å². The minimum absolute atomic E-state index is 0.0565. The van der Waals surface area contributed by atoms with Crippen LogP contribution in [0.2, 0.25) is 0 Å². The summed E-state index contributed by atoms with van der Waals surface area (Å²) >= 11 is 0. The van der Waals surface area contributed by atoms with Crippen LogP contribution in [0.3, 0.4) is 0 Å². The van der Waals surface area contributed by atoms with Gasteiger partial charge in [0, 0.05) is 12.5 Å². The molecule has 98 valence electrons. The van der Waals surface area contributed by atoms with E-state index in [2.05, 4.69) is 32.0 Å². The van der Waals surface area contributed by atoms with Crippen LogP contribution in [0.1, 0.15) is 56.7 Å². The first-order valence-corrected chi connectivity index (χ1v) is 7.11. The summed E-state index contributed by atoms with van der Waals surface area (Å²) < 4.78 is 5.90. The van der Waals surface area contributed by atoms with E-state index >= 15 is 0 Å². The van der Waals surface area contributed by atoms with Crippen molar-refractivity contribution in [3.05, 3.63) is 29.3 Å². The Morgan fingerprint density at radius 3 is 2.83 bits per heavy atom. The standard InChI is InChI=1S/C16H23NO/c1-16(2)10-13-9-12(6-7-15(13)18-16)14(17)8-11-4-3-5-11/h6-7,9,11,14H,3-5,8,10,17H2,1-2H3. The first-order chi connectivity index (χ1) is 8.53. The van der Waals surface area contributed by atoms with E-state index in [0.717, 1.165) is 24.5 Å². The molecule has 1 aliphatic carbocycles. The molecule has 3 rings (SSSR count). The molecule has 1 aromatic carbocycles. The van der Waals surface area contributed by atoms with Crippen molar-refractivity contribution in [2.45, 2.75) is 57.6 Å². The molecule has 2 N–H and O–H groups in total. The van der Waals surface area contributed by atoms with Crippen molar-refractivity contribution in [3.8, 4) is 5.75 Å². The van der Waals surface area contributed by atoms with Crippen molar-refractivity contribution in [3.63, 3.8) is 0 Å². The van der Waals surface area contributed by atoms with Gasteiger partial charge in [0.25, 0.3) is 0 Å². The zero-order chi connectivity index (χ0) is 12.8. The molecule has 0 radical (unpaired) electrons. The van der Waals surface area contributed by atoms with Crippen LogP contribution in [0.5, 0.6) is 5.75 Å². The van der Waals surface area contributed by atoms with Crippen LogP contribution < -0.4 is 10.5 Å². The Hall–Kier alpha value is -1.02. The third kappa shape index (κ3) is 2.26. The lowest BCUT2D eigenvalue weighted by molar-refractivity contribution is 0.138. The summed E-state index contributed by atoms with van der Waals surface area (Å²) in [7, 11) is 0. The highest BCUT2D eigenvalue weighted by Crippen LogP contribution is 2.38. The predicted octanol–water partition coefficient (Wildman–Crippen LogP) is 3.59. The maximum atomic E-state index is 6.33. The third-order valence-corrected chi connectivity index (χ3v) is 4.33. The second-order valence-electron chi connectivity index (χ2n) is 6.54. The summed E-state index contributed by atoms with van der Waals surface area (Å²) in [6.45, 7) is 4.28. The number of rotatable bonds is 3. The van der Waals surface area contributed by atoms with Crippen molar-refractivity contribution in [2.24, 2.45) is 11.7 Å². The zero-order valence-electron chi connectivity index (χ0n) is 11.4. The first-order valence-electron chi connectivity index (χ1n) is 7.11. The molecule has 1 aliphatic heterocycles. The molecule has 1 heterocycles. The van der Waals surface area contributed by atoms with Crippen LogP contribution >= 0.6 is 0 Å². The van der Waals surface area contributed by atoms with Crippen LogP contribution in [0, 0.1) is 5.92 Å². The average molecular weight is 245 g/mol. The smallest absolute Gasteiger partial charge is 0.123 e. The fourth-order valence-corrected chi connectivity index (χ4v) is 3.08. The van der Waals surface area contributed by atoms with E-state index in [1.54, 1.807) is 0 Å². The molecule has 0 saturated heterocycles. The van der Waals surface area contributed by atoms with E-state index in [1.165, 1.54) is 30.4 Å². The summed E-state index contributed by atoms with van der Waals surface area (Å²) in [5, 5.41) is 0. The number of benzene rings is 1. The summed E-state index contributed by atoms with van der Waals surface area (Å²) in [5.74, 6) is 1.90. The first kappa shape index (κ1) is 12.0. The van der Waals surface area contributed by atoms with Gasteiger partial charge in [-0.3, -0.25) is 0 Å². The van der Waals surface area contributed by atoms with Crippen LogP contribution in [-0.2, 0) is 6.42 Å². The Labute approximate surface area is 110 Å². The van der Waals surface area contributed by atoms with E-state index in [0.29, 0.717) is 0 Å². The Bertz CT molecular complexity index is 448. The van der Waals surface area contributed by atoms with E-state index in [9.17, 15) is 0 Å². The summed E-state index contributed by atoms with van der Waals surface area (Å²) in [4.78, 5) is 0. The number of hydrogen-bond donors (Lipinski definition) is 1. The highest BCUT2D eigenvalue weighted by Gasteiger charge is 2.30. The Balaban J connectivity index is 1.74. The molecular formula is C16H23NO. The molecular weight excluding hydrogens is 222 g/mol. The lowest BCUT2D eigenvalue weighted by Gasteiger charge is -2.28. The van der Waals surface area contributed by atoms with Gasteiger partial charge < -0.3 is 10.5 Å². The number of fused-ring (bicyclic) bond motifs is 1. The molecule has 0 bridgehead atoms. The van der Waals surface area contributed by atoms with E-state index in [4.69, 9.17) is 10.5 Å². The molecule has 18 heavy (non-hydrogen) atoms. The predicted molar refractivity (Wildman–Crippen MR) is 73.7 cm³/mol. The molecule has 1 atom stereocenters. The average Bonchev–Trinajstić information content (AvgIpc) is 2.55. The van der Waals surface area contributed by atoms with Gasteiger partial charge in [-0.2, -0.15) is 0 Å². The third-order valence-electron chi connectivity index (χ3n) is 4.33. The fraction of sp³-hybridized carbons (Fsp3) is 0.625. The number of hydrogen-bond acceptors (Lipinski definition) is 2. The summed E-state index contributed by atoms with van der Waals surface area (Å²) in [5.41, 5.74) is 8.87. The number of nitrogens with two attached hydrogens (primary N) is 1. The summed E-state index contributed by atoms with van der Waals surface area (Å²) in [6, 6.07) is 6.70. The van der Waals surface area contributed by atoms with Crippen molar-refractivity contribution in [2.75, 3.05) is 0 Å². The normalized spacial score (nSPS) is 23.1. The van der Waals surface area contributed by atoms with Gasteiger partial charge in [-0.15, -0.1) is 0 Å². The molecule has 2 heteroatoms. The molecule has 1 unspecified atom stereocenters. The van der Waals surface area contributed by atoms with Crippen LogP contribution in [0.15, 0.2) is 18.2 Å². The second-order valence-corrected chi connectivity index (χ2v) is 6.54. The van der Waals surface area contributed by atoms with Crippen LogP contribution in [0.4, 0.5) is 0 Å². The zero-order valence-corrected chi connectivity index (χ0v) is 11.4. The van der Waals surface area contributed by atoms with Crippen molar-refractivity contribution in [1.82, 2.24) is 0 Å². The van der Waals surface area contributed by atoms with Gasteiger partial charge in [-0.05, 0) is 43.4 Å². The Morgan fingerprint density at radius 1 is 1.39 bits per heavy atom. The van der Waals surface area contributed by atoms with Gasteiger partial charge in [0.05, 0.1) is 0 Å². The Morgan fingerprint density at radius 2 is 2.17 bits per heavy atom. The fourth-order valence-electron chi connectivity index (χ4n) is 3.08. The van der Waals surface area contributed by atoms with Crippen LogP contribution in [-0.4, -0.2) is 5.60 Å². The minimum atomic E-state index is -0.0565. The molecule has 1 saturated carbocycles. The van der Waals surface area contributed by atoms with Gasteiger partial charge in [0.2, 0.25) is 0 Å². The molecule has 0 spiro atoms. The minimum Gasteiger partial charge on any atom is -0.487 e. The summed E-state index contributed by atoms with van der Waals surface area (Å²) in [6.07, 6.45) is 6.27. The van der Waals surface area contributed by atoms with Gasteiger partial charge in [0.1, 0.15) is 11.4 Å². The van der Waals surface area contributed by atoms with Crippen molar-refractivity contribution >= 4 is 0 Å².